The second kappa shape index (κ2) is 10.3. The van der Waals surface area contributed by atoms with E-state index in [9.17, 15) is 9.59 Å². The van der Waals surface area contributed by atoms with Crippen molar-refractivity contribution in [1.82, 2.24) is 20.0 Å². The van der Waals surface area contributed by atoms with Crippen molar-refractivity contribution in [1.29, 1.82) is 0 Å². The Morgan fingerprint density at radius 1 is 1.18 bits per heavy atom. The highest BCUT2D eigenvalue weighted by Crippen LogP contribution is 2.27. The maximum atomic E-state index is 13.0. The average Bonchev–Trinajstić information content (AvgIpc) is 3.42. The van der Waals surface area contributed by atoms with E-state index in [4.69, 9.17) is 4.74 Å². The molecule has 172 valence electrons. The molecular formula is C25H29N5O3. The molecule has 0 saturated carbocycles. The number of para-hydroxylation sites is 1. The van der Waals surface area contributed by atoms with Crippen LogP contribution in [0.1, 0.15) is 18.9 Å². The van der Waals surface area contributed by atoms with Crippen molar-refractivity contribution < 1.29 is 14.3 Å². The number of rotatable bonds is 9. The summed E-state index contributed by atoms with van der Waals surface area (Å²) >= 11 is 0. The lowest BCUT2D eigenvalue weighted by Gasteiger charge is -2.21. The molecule has 3 aromatic rings. The molecule has 3 amide bonds. The van der Waals surface area contributed by atoms with E-state index in [1.54, 1.807) is 7.11 Å². The molecular weight excluding hydrogens is 418 g/mol. The quantitative estimate of drug-likeness (QED) is 0.526. The number of aryl methyl sites for hydroxylation is 1. The van der Waals surface area contributed by atoms with Gasteiger partial charge in [0.25, 0.3) is 0 Å². The number of aromatic nitrogens is 2. The van der Waals surface area contributed by atoms with Gasteiger partial charge in [-0.25, -0.2) is 9.48 Å². The molecule has 1 fully saturated rings. The Balaban J connectivity index is 1.64. The first kappa shape index (κ1) is 22.5. The summed E-state index contributed by atoms with van der Waals surface area (Å²) in [6.45, 7) is 3.11. The standard InChI is InChI=1S/C25H29N5O3/c1-3-8-18-9-7-10-19(15-18)21-16-23(28-30(21)20-11-5-4-6-12-20)27-24(31)22-17-26-25(32)29(22)13-14-33-2/h4-7,9-12,15-16,22H,3,8,13-14,17H2,1-2H3,(H,26,32)(H,27,28,31)/t22-/m1/s1. The van der Waals surface area contributed by atoms with Gasteiger partial charge in [-0.3, -0.25) is 4.79 Å². The highest BCUT2D eigenvalue weighted by molar-refractivity contribution is 5.98. The summed E-state index contributed by atoms with van der Waals surface area (Å²) in [4.78, 5) is 26.6. The van der Waals surface area contributed by atoms with Crippen LogP contribution in [0.4, 0.5) is 10.6 Å². The van der Waals surface area contributed by atoms with Crippen molar-refractivity contribution in [3.05, 3.63) is 66.2 Å². The van der Waals surface area contributed by atoms with E-state index in [1.807, 2.05) is 53.2 Å². The molecule has 33 heavy (non-hydrogen) atoms. The van der Waals surface area contributed by atoms with E-state index in [-0.39, 0.29) is 18.5 Å². The van der Waals surface area contributed by atoms with Gasteiger partial charge in [0.05, 0.1) is 18.0 Å². The fourth-order valence-corrected chi connectivity index (χ4v) is 4.02. The van der Waals surface area contributed by atoms with Crippen LogP contribution in [0, 0.1) is 0 Å². The van der Waals surface area contributed by atoms with Gasteiger partial charge < -0.3 is 20.3 Å². The third-order valence-corrected chi connectivity index (χ3v) is 5.65. The number of methoxy groups -OCH3 is 1. The van der Waals surface area contributed by atoms with Crippen LogP contribution in [-0.4, -0.2) is 59.5 Å². The molecule has 0 bridgehead atoms. The van der Waals surface area contributed by atoms with Gasteiger partial charge in [-0.1, -0.05) is 49.7 Å². The molecule has 2 heterocycles. The second-order valence-corrected chi connectivity index (χ2v) is 7.99. The summed E-state index contributed by atoms with van der Waals surface area (Å²) in [5, 5.41) is 10.3. The van der Waals surface area contributed by atoms with Crippen molar-refractivity contribution in [3.8, 4) is 16.9 Å². The van der Waals surface area contributed by atoms with Gasteiger partial charge >= 0.3 is 6.03 Å². The molecule has 2 aromatic carbocycles. The molecule has 2 N–H and O–H groups in total. The van der Waals surface area contributed by atoms with Gasteiger partial charge in [-0.15, -0.1) is 5.10 Å². The normalized spacial score (nSPS) is 15.5. The van der Waals surface area contributed by atoms with Crippen LogP contribution < -0.4 is 10.6 Å². The maximum absolute atomic E-state index is 13.0. The summed E-state index contributed by atoms with van der Waals surface area (Å²) in [5.41, 5.74) is 4.06. The minimum atomic E-state index is -0.620. The van der Waals surface area contributed by atoms with E-state index in [2.05, 4.69) is 34.8 Å². The molecule has 0 unspecified atom stereocenters. The minimum Gasteiger partial charge on any atom is -0.383 e. The Morgan fingerprint density at radius 2 is 2.00 bits per heavy atom. The van der Waals surface area contributed by atoms with Crippen molar-refractivity contribution in [2.75, 3.05) is 32.1 Å². The minimum absolute atomic E-state index is 0.250. The molecule has 4 rings (SSSR count). The SMILES string of the molecule is CCCc1cccc(-c2cc(NC(=O)[C@H]3CNC(=O)N3CCOC)nn2-c2ccccc2)c1. The zero-order chi connectivity index (χ0) is 23.2. The summed E-state index contributed by atoms with van der Waals surface area (Å²) in [7, 11) is 1.57. The van der Waals surface area contributed by atoms with Gasteiger partial charge in [-0.05, 0) is 30.2 Å². The zero-order valence-corrected chi connectivity index (χ0v) is 19.0. The third kappa shape index (κ3) is 5.06. The van der Waals surface area contributed by atoms with Crippen LogP contribution in [0.5, 0.6) is 0 Å². The van der Waals surface area contributed by atoms with E-state index in [0.29, 0.717) is 19.0 Å². The number of hydrogen-bond acceptors (Lipinski definition) is 4. The number of carbonyl (C=O) groups excluding carboxylic acids is 2. The Morgan fingerprint density at radius 3 is 2.76 bits per heavy atom. The van der Waals surface area contributed by atoms with Crippen LogP contribution in [0.15, 0.2) is 60.7 Å². The van der Waals surface area contributed by atoms with Gasteiger partial charge in [-0.2, -0.15) is 0 Å². The molecule has 1 aliphatic rings. The van der Waals surface area contributed by atoms with E-state index < -0.39 is 6.04 Å². The fourth-order valence-electron chi connectivity index (χ4n) is 4.02. The highest BCUT2D eigenvalue weighted by atomic mass is 16.5. The number of carbonyl (C=O) groups is 2. The van der Waals surface area contributed by atoms with Crippen molar-refractivity contribution >= 4 is 17.8 Å². The fraction of sp³-hybridized carbons (Fsp3) is 0.320. The number of nitrogens with one attached hydrogen (secondary N) is 2. The maximum Gasteiger partial charge on any atom is 0.318 e. The average molecular weight is 448 g/mol. The predicted octanol–water partition coefficient (Wildman–Crippen LogP) is 3.47. The molecule has 1 saturated heterocycles. The smallest absolute Gasteiger partial charge is 0.318 e. The zero-order valence-electron chi connectivity index (χ0n) is 19.0. The molecule has 0 spiro atoms. The number of amides is 3. The molecule has 8 nitrogen and oxygen atoms in total. The number of nitrogens with zero attached hydrogens (tertiary/aromatic N) is 3. The van der Waals surface area contributed by atoms with Gasteiger partial charge in [0.1, 0.15) is 6.04 Å². The first-order valence-corrected chi connectivity index (χ1v) is 11.2. The lowest BCUT2D eigenvalue weighted by atomic mass is 10.0. The Hall–Kier alpha value is -3.65. The first-order chi connectivity index (χ1) is 16.1. The number of hydrogen-bond donors (Lipinski definition) is 2. The number of urea groups is 1. The lowest BCUT2D eigenvalue weighted by molar-refractivity contribution is -0.119. The van der Waals surface area contributed by atoms with Crippen molar-refractivity contribution in [2.45, 2.75) is 25.8 Å². The topological polar surface area (TPSA) is 88.5 Å². The van der Waals surface area contributed by atoms with E-state index in [0.717, 1.165) is 29.8 Å². The summed E-state index contributed by atoms with van der Waals surface area (Å²) in [6.07, 6.45) is 2.06. The summed E-state index contributed by atoms with van der Waals surface area (Å²) in [6, 6.07) is 19.2. The van der Waals surface area contributed by atoms with Crippen LogP contribution in [0.25, 0.3) is 16.9 Å². The molecule has 1 aliphatic heterocycles. The van der Waals surface area contributed by atoms with Crippen LogP contribution in [0.2, 0.25) is 0 Å². The largest absolute Gasteiger partial charge is 0.383 e. The van der Waals surface area contributed by atoms with E-state index in [1.165, 1.54) is 10.5 Å². The molecule has 0 aliphatic carbocycles. The molecule has 1 aromatic heterocycles. The monoisotopic (exact) mass is 447 g/mol. The Bertz CT molecular complexity index is 1110. The lowest BCUT2D eigenvalue weighted by Crippen LogP contribution is -2.44. The van der Waals surface area contributed by atoms with Crippen LogP contribution in [0.3, 0.4) is 0 Å². The Kier molecular flexibility index (Phi) is 7.04. The number of benzene rings is 2. The van der Waals surface area contributed by atoms with Gasteiger partial charge in [0.15, 0.2) is 5.82 Å². The highest BCUT2D eigenvalue weighted by Gasteiger charge is 2.36. The summed E-state index contributed by atoms with van der Waals surface area (Å²) < 4.78 is 6.91. The van der Waals surface area contributed by atoms with Gasteiger partial charge in [0, 0.05) is 31.8 Å². The van der Waals surface area contributed by atoms with Crippen LogP contribution >= 0.6 is 0 Å². The Labute approximate surface area is 193 Å². The third-order valence-electron chi connectivity index (χ3n) is 5.65. The van der Waals surface area contributed by atoms with Crippen molar-refractivity contribution in [2.24, 2.45) is 0 Å². The predicted molar refractivity (Wildman–Crippen MR) is 127 cm³/mol. The second-order valence-electron chi connectivity index (χ2n) is 7.99. The van der Waals surface area contributed by atoms with E-state index >= 15 is 0 Å². The number of anilines is 1. The van der Waals surface area contributed by atoms with Crippen molar-refractivity contribution in [3.63, 3.8) is 0 Å². The summed E-state index contributed by atoms with van der Waals surface area (Å²) in [5.74, 6) is 0.152. The van der Waals surface area contributed by atoms with Crippen LogP contribution in [-0.2, 0) is 16.0 Å². The molecule has 8 heteroatoms. The first-order valence-electron chi connectivity index (χ1n) is 11.2. The number of ether oxygens (including phenoxy) is 1. The molecule has 1 atom stereocenters. The molecule has 0 radical (unpaired) electrons. The van der Waals surface area contributed by atoms with Gasteiger partial charge in [0.2, 0.25) is 5.91 Å².